The van der Waals surface area contributed by atoms with E-state index in [9.17, 15) is 4.79 Å². The predicted octanol–water partition coefficient (Wildman–Crippen LogP) is 2.71. The van der Waals surface area contributed by atoms with Crippen LogP contribution in [-0.4, -0.2) is 21.2 Å². The molecule has 0 bridgehead atoms. The molecule has 0 aliphatic rings. The molecule has 0 aromatic carbocycles. The zero-order valence-electron chi connectivity index (χ0n) is 8.46. The van der Waals surface area contributed by atoms with Crippen LogP contribution < -0.4 is 0 Å². The van der Waals surface area contributed by atoms with E-state index in [1.165, 1.54) is 17.8 Å². The maximum absolute atomic E-state index is 10.6. The number of carboxylic acid groups (broad SMARTS) is 1. The van der Waals surface area contributed by atoms with Gasteiger partial charge in [-0.2, -0.15) is 0 Å². The van der Waals surface area contributed by atoms with E-state index in [-0.39, 0.29) is 5.69 Å². The van der Waals surface area contributed by atoms with E-state index in [1.807, 2.05) is 0 Å². The van der Waals surface area contributed by atoms with E-state index < -0.39 is 5.97 Å². The zero-order valence-corrected chi connectivity index (χ0v) is 10.0. The molecule has 2 rings (SSSR count). The summed E-state index contributed by atoms with van der Waals surface area (Å²) in [7, 11) is 0. The highest BCUT2D eigenvalue weighted by Gasteiger charge is 2.11. The first-order valence-electron chi connectivity index (χ1n) is 4.59. The first-order chi connectivity index (χ1) is 8.16. The summed E-state index contributed by atoms with van der Waals surface area (Å²) in [5.41, 5.74) is -0.104. The topological polar surface area (TPSA) is 76.2 Å². The molecule has 17 heavy (non-hydrogen) atoms. The summed E-state index contributed by atoms with van der Waals surface area (Å²) < 4.78 is 4.87. The molecular formula is C10H7ClN2O3S. The second-order valence-electron chi connectivity index (χ2n) is 3.06. The smallest absolute Gasteiger partial charge is 0.358 e. The first-order valence-corrected chi connectivity index (χ1v) is 5.95. The highest BCUT2D eigenvalue weighted by Crippen LogP contribution is 2.27. The van der Waals surface area contributed by atoms with Gasteiger partial charge < -0.3 is 9.63 Å². The number of carbonyl (C=O) groups is 1. The van der Waals surface area contributed by atoms with E-state index >= 15 is 0 Å². The Bertz CT molecular complexity index is 544. The number of halogens is 1. The zero-order chi connectivity index (χ0) is 12.3. The molecule has 0 saturated heterocycles. The van der Waals surface area contributed by atoms with E-state index in [4.69, 9.17) is 21.2 Å². The van der Waals surface area contributed by atoms with Crippen molar-refractivity contribution in [1.82, 2.24) is 10.1 Å². The van der Waals surface area contributed by atoms with Crippen molar-refractivity contribution < 1.29 is 14.4 Å². The Hall–Kier alpha value is -1.53. The fourth-order valence-corrected chi connectivity index (χ4v) is 2.14. The summed E-state index contributed by atoms with van der Waals surface area (Å²) in [5, 5.41) is 13.3. The molecule has 0 aliphatic heterocycles. The molecule has 0 saturated carbocycles. The average molecular weight is 271 g/mol. The van der Waals surface area contributed by atoms with Crippen molar-refractivity contribution in [3.05, 3.63) is 40.9 Å². The Morgan fingerprint density at radius 1 is 1.59 bits per heavy atom. The number of aromatic nitrogens is 2. The van der Waals surface area contributed by atoms with Gasteiger partial charge in [-0.15, -0.1) is 0 Å². The second-order valence-corrected chi connectivity index (χ2v) is 4.43. The van der Waals surface area contributed by atoms with Crippen molar-refractivity contribution in [1.29, 1.82) is 0 Å². The lowest BCUT2D eigenvalue weighted by Crippen LogP contribution is -1.94. The largest absolute Gasteiger partial charge is 0.476 e. The Labute approximate surface area is 106 Å². The first kappa shape index (κ1) is 11.9. The van der Waals surface area contributed by atoms with E-state index in [0.29, 0.717) is 21.6 Å². The van der Waals surface area contributed by atoms with Crippen LogP contribution in [-0.2, 0) is 5.75 Å². The van der Waals surface area contributed by atoms with Crippen LogP contribution in [0.2, 0.25) is 5.02 Å². The number of nitrogens with zero attached hydrogens (tertiary/aromatic N) is 2. The number of hydrogen-bond acceptors (Lipinski definition) is 5. The van der Waals surface area contributed by atoms with Gasteiger partial charge in [0, 0.05) is 12.3 Å². The predicted molar refractivity (Wildman–Crippen MR) is 62.3 cm³/mol. The molecule has 5 nitrogen and oxygen atoms in total. The standard InChI is InChI=1S/C10H7ClN2O3S/c11-7-2-1-3-12-9(7)17-5-6-4-8(10(14)15)13-16-6/h1-4H,5H2,(H,14,15). The molecule has 0 unspecified atom stereocenters. The van der Waals surface area contributed by atoms with Crippen molar-refractivity contribution in [2.75, 3.05) is 0 Å². The van der Waals surface area contributed by atoms with Crippen molar-refractivity contribution in [2.45, 2.75) is 10.8 Å². The fourth-order valence-electron chi connectivity index (χ4n) is 1.10. The molecule has 0 aliphatic carbocycles. The molecular weight excluding hydrogens is 264 g/mol. The molecule has 0 amide bonds. The van der Waals surface area contributed by atoms with Crippen molar-refractivity contribution in [2.24, 2.45) is 0 Å². The Balaban J connectivity index is 2.02. The van der Waals surface area contributed by atoms with Gasteiger partial charge >= 0.3 is 5.97 Å². The molecule has 88 valence electrons. The molecule has 1 N–H and O–H groups in total. The van der Waals surface area contributed by atoms with E-state index in [1.54, 1.807) is 18.3 Å². The van der Waals surface area contributed by atoms with Gasteiger partial charge in [0.15, 0.2) is 5.69 Å². The number of hydrogen-bond donors (Lipinski definition) is 1. The Kier molecular flexibility index (Phi) is 3.65. The summed E-state index contributed by atoms with van der Waals surface area (Å²) in [4.78, 5) is 14.7. The van der Waals surface area contributed by atoms with Crippen molar-refractivity contribution >= 4 is 29.3 Å². The van der Waals surface area contributed by atoms with Crippen LogP contribution in [0.3, 0.4) is 0 Å². The molecule has 2 aromatic heterocycles. The third-order valence-corrected chi connectivity index (χ3v) is 3.30. The van der Waals surface area contributed by atoms with Crippen LogP contribution in [0, 0.1) is 0 Å². The Morgan fingerprint density at radius 3 is 3.06 bits per heavy atom. The van der Waals surface area contributed by atoms with Crippen LogP contribution in [0.4, 0.5) is 0 Å². The van der Waals surface area contributed by atoms with Crippen molar-refractivity contribution in [3.63, 3.8) is 0 Å². The van der Waals surface area contributed by atoms with E-state index in [0.717, 1.165) is 0 Å². The maximum atomic E-state index is 10.6. The van der Waals surface area contributed by atoms with E-state index in [2.05, 4.69) is 10.1 Å². The number of thioether (sulfide) groups is 1. The summed E-state index contributed by atoms with van der Waals surface area (Å²) >= 11 is 7.28. The fraction of sp³-hybridized carbons (Fsp3) is 0.100. The molecule has 2 heterocycles. The summed E-state index contributed by atoms with van der Waals surface area (Å²) in [6.07, 6.45) is 1.64. The summed E-state index contributed by atoms with van der Waals surface area (Å²) in [6, 6.07) is 4.86. The minimum atomic E-state index is -1.11. The van der Waals surface area contributed by atoms with Gasteiger partial charge in [-0.3, -0.25) is 0 Å². The van der Waals surface area contributed by atoms with Gasteiger partial charge in [0.1, 0.15) is 10.8 Å². The number of rotatable bonds is 4. The minimum Gasteiger partial charge on any atom is -0.476 e. The van der Waals surface area contributed by atoms with Gasteiger partial charge in [-0.1, -0.05) is 28.5 Å². The molecule has 0 spiro atoms. The van der Waals surface area contributed by atoms with Gasteiger partial charge in [0.2, 0.25) is 0 Å². The van der Waals surface area contributed by atoms with Crippen LogP contribution in [0.1, 0.15) is 16.2 Å². The molecule has 2 aromatic rings. The summed E-state index contributed by atoms with van der Waals surface area (Å²) in [5.74, 6) is -0.216. The number of pyridine rings is 1. The minimum absolute atomic E-state index is 0.104. The highest BCUT2D eigenvalue weighted by molar-refractivity contribution is 7.98. The number of carboxylic acids is 1. The Morgan fingerprint density at radius 2 is 2.41 bits per heavy atom. The normalized spacial score (nSPS) is 10.4. The van der Waals surface area contributed by atoms with Gasteiger partial charge in [-0.05, 0) is 12.1 Å². The van der Waals surface area contributed by atoms with Crippen LogP contribution in [0.15, 0.2) is 33.9 Å². The molecule has 0 atom stereocenters. The lowest BCUT2D eigenvalue weighted by atomic mass is 10.4. The third-order valence-electron chi connectivity index (χ3n) is 1.85. The van der Waals surface area contributed by atoms with Crippen LogP contribution >= 0.6 is 23.4 Å². The van der Waals surface area contributed by atoms with Crippen LogP contribution in [0.25, 0.3) is 0 Å². The SMILES string of the molecule is O=C(O)c1cc(CSc2ncccc2Cl)on1. The average Bonchev–Trinajstić information content (AvgIpc) is 2.77. The highest BCUT2D eigenvalue weighted by atomic mass is 35.5. The monoisotopic (exact) mass is 270 g/mol. The third kappa shape index (κ3) is 2.98. The molecule has 0 fully saturated rings. The van der Waals surface area contributed by atoms with Gasteiger partial charge in [-0.25, -0.2) is 9.78 Å². The molecule has 0 radical (unpaired) electrons. The van der Waals surface area contributed by atoms with Crippen LogP contribution in [0.5, 0.6) is 0 Å². The molecule has 7 heteroatoms. The van der Waals surface area contributed by atoms with Gasteiger partial charge in [0.25, 0.3) is 0 Å². The maximum Gasteiger partial charge on any atom is 0.358 e. The quantitative estimate of drug-likeness (QED) is 0.861. The second kappa shape index (κ2) is 5.20. The summed E-state index contributed by atoms with van der Waals surface area (Å²) in [6.45, 7) is 0. The number of aromatic carboxylic acids is 1. The van der Waals surface area contributed by atoms with Gasteiger partial charge in [0.05, 0.1) is 10.8 Å². The lowest BCUT2D eigenvalue weighted by molar-refractivity contribution is 0.0685. The van der Waals surface area contributed by atoms with Crippen molar-refractivity contribution in [3.8, 4) is 0 Å². The lowest BCUT2D eigenvalue weighted by Gasteiger charge is -1.99.